The van der Waals surface area contributed by atoms with Gasteiger partial charge in [0, 0.05) is 25.3 Å². The Bertz CT molecular complexity index is 331. The van der Waals surface area contributed by atoms with Gasteiger partial charge in [-0.2, -0.15) is 0 Å². The summed E-state index contributed by atoms with van der Waals surface area (Å²) in [5, 5.41) is 9.49. The van der Waals surface area contributed by atoms with Gasteiger partial charge in [-0.15, -0.1) is 0 Å². The zero-order valence-corrected chi connectivity index (χ0v) is 9.74. The standard InChI is InChI=1S/C12H18FNO2/c1-3-16-8-7-14(2)9-10-5-4-6-11(13)12(10)15/h4-6,15H,3,7-9H2,1-2H3. The fourth-order valence-electron chi connectivity index (χ4n) is 1.42. The minimum absolute atomic E-state index is 0.259. The van der Waals surface area contributed by atoms with Crippen molar-refractivity contribution in [2.75, 3.05) is 26.8 Å². The van der Waals surface area contributed by atoms with E-state index in [1.165, 1.54) is 6.07 Å². The van der Waals surface area contributed by atoms with Crippen LogP contribution in [0.5, 0.6) is 5.75 Å². The zero-order valence-electron chi connectivity index (χ0n) is 9.74. The molecule has 0 amide bonds. The van der Waals surface area contributed by atoms with Gasteiger partial charge in [-0.25, -0.2) is 4.39 Å². The van der Waals surface area contributed by atoms with Crippen molar-refractivity contribution in [2.45, 2.75) is 13.5 Å². The number of likely N-dealkylation sites (N-methyl/N-ethyl adjacent to an activating group) is 1. The smallest absolute Gasteiger partial charge is 0.165 e. The van der Waals surface area contributed by atoms with Gasteiger partial charge in [-0.1, -0.05) is 12.1 Å². The molecule has 0 saturated heterocycles. The summed E-state index contributed by atoms with van der Waals surface area (Å²) in [4.78, 5) is 1.98. The van der Waals surface area contributed by atoms with E-state index in [0.29, 0.717) is 25.3 Å². The molecule has 0 aliphatic rings. The molecule has 0 bridgehead atoms. The predicted octanol–water partition coefficient (Wildman–Crippen LogP) is 2.00. The first-order chi connectivity index (χ1) is 7.65. The molecule has 3 nitrogen and oxygen atoms in total. The van der Waals surface area contributed by atoms with Crippen molar-refractivity contribution < 1.29 is 14.2 Å². The summed E-state index contributed by atoms with van der Waals surface area (Å²) in [6, 6.07) is 4.56. The Balaban J connectivity index is 2.49. The summed E-state index contributed by atoms with van der Waals surface area (Å²) in [5.41, 5.74) is 0.596. The summed E-state index contributed by atoms with van der Waals surface area (Å²) in [6.45, 7) is 4.54. The molecule has 90 valence electrons. The van der Waals surface area contributed by atoms with Crippen molar-refractivity contribution in [3.05, 3.63) is 29.6 Å². The normalized spacial score (nSPS) is 11.0. The number of phenolic OH excluding ortho intramolecular Hbond substituents is 1. The maximum Gasteiger partial charge on any atom is 0.165 e. The molecule has 0 aliphatic heterocycles. The second kappa shape index (κ2) is 6.45. The molecule has 0 aromatic heterocycles. The lowest BCUT2D eigenvalue weighted by Gasteiger charge is -2.17. The number of ether oxygens (including phenoxy) is 1. The van der Waals surface area contributed by atoms with Gasteiger partial charge < -0.3 is 9.84 Å². The molecule has 0 unspecified atom stereocenters. The summed E-state index contributed by atoms with van der Waals surface area (Å²) in [5.74, 6) is -0.832. The monoisotopic (exact) mass is 227 g/mol. The van der Waals surface area contributed by atoms with Crippen LogP contribution in [0.25, 0.3) is 0 Å². The van der Waals surface area contributed by atoms with Crippen molar-refractivity contribution >= 4 is 0 Å². The molecule has 0 fully saturated rings. The molecule has 1 N–H and O–H groups in total. The van der Waals surface area contributed by atoms with Gasteiger partial charge >= 0.3 is 0 Å². The highest BCUT2D eigenvalue weighted by atomic mass is 19.1. The Morgan fingerprint density at radius 3 is 2.88 bits per heavy atom. The van der Waals surface area contributed by atoms with Gasteiger partial charge in [-0.05, 0) is 20.0 Å². The van der Waals surface area contributed by atoms with E-state index in [2.05, 4.69) is 0 Å². The van der Waals surface area contributed by atoms with Crippen molar-refractivity contribution in [1.29, 1.82) is 0 Å². The maximum absolute atomic E-state index is 13.0. The second-order valence-electron chi connectivity index (χ2n) is 3.68. The third-order valence-electron chi connectivity index (χ3n) is 2.33. The Morgan fingerprint density at radius 2 is 2.19 bits per heavy atom. The van der Waals surface area contributed by atoms with E-state index >= 15 is 0 Å². The summed E-state index contributed by atoms with van der Waals surface area (Å²) in [6.07, 6.45) is 0. The second-order valence-corrected chi connectivity index (χ2v) is 3.68. The lowest BCUT2D eigenvalue weighted by molar-refractivity contribution is 0.120. The molecule has 0 spiro atoms. The van der Waals surface area contributed by atoms with Crippen LogP contribution >= 0.6 is 0 Å². The first-order valence-electron chi connectivity index (χ1n) is 5.37. The molecule has 0 heterocycles. The van der Waals surface area contributed by atoms with Gasteiger partial charge in [-0.3, -0.25) is 4.90 Å². The van der Waals surface area contributed by atoms with Crippen molar-refractivity contribution in [3.63, 3.8) is 0 Å². The van der Waals surface area contributed by atoms with Crippen LogP contribution in [-0.2, 0) is 11.3 Å². The van der Waals surface area contributed by atoms with E-state index in [4.69, 9.17) is 4.74 Å². The highest BCUT2D eigenvalue weighted by molar-refractivity contribution is 5.33. The Kier molecular flexibility index (Phi) is 5.22. The highest BCUT2D eigenvalue weighted by Gasteiger charge is 2.08. The van der Waals surface area contributed by atoms with Crippen molar-refractivity contribution in [3.8, 4) is 5.75 Å². The van der Waals surface area contributed by atoms with Crippen LogP contribution < -0.4 is 0 Å². The van der Waals surface area contributed by atoms with Crippen LogP contribution in [0.3, 0.4) is 0 Å². The molecule has 1 aromatic rings. The molecular weight excluding hydrogens is 209 g/mol. The van der Waals surface area contributed by atoms with E-state index in [-0.39, 0.29) is 5.75 Å². The first kappa shape index (κ1) is 12.9. The quantitative estimate of drug-likeness (QED) is 0.754. The lowest BCUT2D eigenvalue weighted by Crippen LogP contribution is -2.22. The minimum Gasteiger partial charge on any atom is -0.505 e. The number of halogens is 1. The van der Waals surface area contributed by atoms with Crippen LogP contribution in [0.4, 0.5) is 4.39 Å². The predicted molar refractivity (Wildman–Crippen MR) is 60.9 cm³/mol. The van der Waals surface area contributed by atoms with Gasteiger partial charge in [0.05, 0.1) is 6.61 Å². The van der Waals surface area contributed by atoms with E-state index < -0.39 is 5.82 Å². The number of para-hydroxylation sites is 1. The molecular formula is C12H18FNO2. The average molecular weight is 227 g/mol. The van der Waals surface area contributed by atoms with E-state index in [0.717, 1.165) is 6.54 Å². The lowest BCUT2D eigenvalue weighted by atomic mass is 10.2. The third kappa shape index (κ3) is 3.79. The molecule has 0 aliphatic carbocycles. The van der Waals surface area contributed by atoms with E-state index in [1.807, 2.05) is 18.9 Å². The fourth-order valence-corrected chi connectivity index (χ4v) is 1.42. The Morgan fingerprint density at radius 1 is 1.44 bits per heavy atom. The third-order valence-corrected chi connectivity index (χ3v) is 2.33. The van der Waals surface area contributed by atoms with Crippen molar-refractivity contribution in [2.24, 2.45) is 0 Å². The number of aromatic hydroxyl groups is 1. The molecule has 0 saturated carbocycles. The van der Waals surface area contributed by atoms with Crippen LogP contribution in [-0.4, -0.2) is 36.8 Å². The van der Waals surface area contributed by atoms with Gasteiger partial charge in [0.25, 0.3) is 0 Å². The van der Waals surface area contributed by atoms with E-state index in [9.17, 15) is 9.50 Å². The zero-order chi connectivity index (χ0) is 12.0. The number of phenols is 1. The largest absolute Gasteiger partial charge is 0.505 e. The molecule has 0 atom stereocenters. The van der Waals surface area contributed by atoms with Gasteiger partial charge in [0.1, 0.15) is 0 Å². The highest BCUT2D eigenvalue weighted by Crippen LogP contribution is 2.21. The summed E-state index contributed by atoms with van der Waals surface area (Å²) in [7, 11) is 1.91. The van der Waals surface area contributed by atoms with Crippen LogP contribution in [0.1, 0.15) is 12.5 Å². The first-order valence-corrected chi connectivity index (χ1v) is 5.37. The topological polar surface area (TPSA) is 32.7 Å². The van der Waals surface area contributed by atoms with Crippen LogP contribution in [0.15, 0.2) is 18.2 Å². The molecule has 0 radical (unpaired) electrons. The molecule has 1 aromatic carbocycles. The number of rotatable bonds is 6. The molecule has 4 heteroatoms. The Hall–Kier alpha value is -1.13. The Labute approximate surface area is 95.5 Å². The molecule has 1 rings (SSSR count). The maximum atomic E-state index is 13.0. The van der Waals surface area contributed by atoms with Crippen LogP contribution in [0.2, 0.25) is 0 Å². The van der Waals surface area contributed by atoms with E-state index in [1.54, 1.807) is 12.1 Å². The summed E-state index contributed by atoms with van der Waals surface area (Å²) >= 11 is 0. The van der Waals surface area contributed by atoms with Gasteiger partial charge in [0.15, 0.2) is 11.6 Å². The number of hydrogen-bond acceptors (Lipinski definition) is 3. The average Bonchev–Trinajstić information content (AvgIpc) is 2.25. The van der Waals surface area contributed by atoms with Gasteiger partial charge in [0.2, 0.25) is 0 Å². The number of benzene rings is 1. The summed E-state index contributed by atoms with van der Waals surface area (Å²) < 4.78 is 18.3. The minimum atomic E-state index is -0.573. The van der Waals surface area contributed by atoms with Crippen LogP contribution in [0, 0.1) is 5.82 Å². The number of nitrogens with zero attached hydrogens (tertiary/aromatic N) is 1. The SMILES string of the molecule is CCOCCN(C)Cc1cccc(F)c1O. The molecule has 16 heavy (non-hydrogen) atoms. The fraction of sp³-hybridized carbons (Fsp3) is 0.500. The van der Waals surface area contributed by atoms with Crippen molar-refractivity contribution in [1.82, 2.24) is 4.90 Å². The number of hydrogen-bond donors (Lipinski definition) is 1.